The van der Waals surface area contributed by atoms with Crippen molar-refractivity contribution in [1.82, 2.24) is 19.9 Å². The largest absolute Gasteiger partial charge is 0.465 e. The first-order valence-electron chi connectivity index (χ1n) is 7.38. The highest BCUT2D eigenvalue weighted by molar-refractivity contribution is 5.12. The average molecular weight is 290 g/mol. The second-order valence-electron chi connectivity index (χ2n) is 5.61. The number of aromatic nitrogens is 3. The van der Waals surface area contributed by atoms with Gasteiger partial charge < -0.3 is 9.15 Å². The summed E-state index contributed by atoms with van der Waals surface area (Å²) in [6.07, 6.45) is 3.06. The summed E-state index contributed by atoms with van der Waals surface area (Å²) in [6, 6.07) is 4.12. The molecule has 2 aromatic rings. The summed E-state index contributed by atoms with van der Waals surface area (Å²) in [4.78, 5) is 2.35. The van der Waals surface area contributed by atoms with Crippen LogP contribution in [0.25, 0.3) is 0 Å². The molecular formula is C15H22N4O2. The van der Waals surface area contributed by atoms with Crippen molar-refractivity contribution in [2.45, 2.75) is 31.9 Å². The highest BCUT2D eigenvalue weighted by Gasteiger charge is 2.35. The van der Waals surface area contributed by atoms with Gasteiger partial charge in [-0.05, 0) is 12.1 Å². The maximum Gasteiger partial charge on any atom is 0.118 e. The number of rotatable bonds is 5. The van der Waals surface area contributed by atoms with E-state index < -0.39 is 0 Å². The normalized spacial score (nSPS) is 23.0. The molecule has 1 aliphatic heterocycles. The van der Waals surface area contributed by atoms with Crippen molar-refractivity contribution in [2.24, 2.45) is 7.05 Å². The summed E-state index contributed by atoms with van der Waals surface area (Å²) in [7, 11) is 3.65. The lowest BCUT2D eigenvalue weighted by Gasteiger charge is -2.13. The molecule has 0 radical (unpaired) electrons. The molecule has 21 heavy (non-hydrogen) atoms. The van der Waals surface area contributed by atoms with Crippen molar-refractivity contribution < 1.29 is 9.15 Å². The van der Waals surface area contributed by atoms with E-state index in [2.05, 4.69) is 34.3 Å². The Hall–Kier alpha value is -1.66. The lowest BCUT2D eigenvalue weighted by molar-refractivity contribution is 0.0950. The Labute approximate surface area is 124 Å². The van der Waals surface area contributed by atoms with Crippen LogP contribution in [0.1, 0.15) is 30.1 Å². The van der Waals surface area contributed by atoms with Gasteiger partial charge in [0.2, 0.25) is 0 Å². The van der Waals surface area contributed by atoms with Gasteiger partial charge in [0.05, 0.1) is 18.3 Å². The first kappa shape index (κ1) is 14.3. The SMILES string of the molecule is CCc1ccc(CN2C[C@@H](OC)[C@H](c3cn(C)nn3)C2)o1. The summed E-state index contributed by atoms with van der Waals surface area (Å²) in [5, 5.41) is 8.27. The second-order valence-corrected chi connectivity index (χ2v) is 5.61. The van der Waals surface area contributed by atoms with Crippen LogP contribution in [0.4, 0.5) is 0 Å². The van der Waals surface area contributed by atoms with Gasteiger partial charge in [-0.15, -0.1) is 5.10 Å². The number of hydrogen-bond acceptors (Lipinski definition) is 5. The van der Waals surface area contributed by atoms with Gasteiger partial charge in [-0.3, -0.25) is 9.58 Å². The number of aryl methyl sites for hydroxylation is 2. The van der Waals surface area contributed by atoms with Crippen LogP contribution in [0.15, 0.2) is 22.7 Å². The minimum absolute atomic E-state index is 0.155. The smallest absolute Gasteiger partial charge is 0.118 e. The fraction of sp³-hybridized carbons (Fsp3) is 0.600. The van der Waals surface area contributed by atoms with Crippen molar-refractivity contribution in [3.05, 3.63) is 35.5 Å². The molecule has 114 valence electrons. The summed E-state index contributed by atoms with van der Waals surface area (Å²) >= 11 is 0. The molecule has 6 nitrogen and oxygen atoms in total. The molecular weight excluding hydrogens is 268 g/mol. The lowest BCUT2D eigenvalue weighted by atomic mass is 10.0. The van der Waals surface area contributed by atoms with E-state index in [1.165, 1.54) is 0 Å². The molecule has 1 fully saturated rings. The highest BCUT2D eigenvalue weighted by atomic mass is 16.5. The molecule has 6 heteroatoms. The molecule has 1 aliphatic rings. The predicted molar refractivity (Wildman–Crippen MR) is 77.9 cm³/mol. The van der Waals surface area contributed by atoms with Crippen LogP contribution in [0.2, 0.25) is 0 Å². The van der Waals surface area contributed by atoms with Gasteiger partial charge in [-0.25, -0.2) is 0 Å². The first-order valence-corrected chi connectivity index (χ1v) is 7.38. The minimum atomic E-state index is 0.155. The van der Waals surface area contributed by atoms with E-state index in [9.17, 15) is 0 Å². The Morgan fingerprint density at radius 2 is 2.14 bits per heavy atom. The minimum Gasteiger partial charge on any atom is -0.465 e. The van der Waals surface area contributed by atoms with Crippen LogP contribution in [0, 0.1) is 0 Å². The van der Waals surface area contributed by atoms with Crippen LogP contribution in [-0.4, -0.2) is 46.2 Å². The molecule has 0 N–H and O–H groups in total. The van der Waals surface area contributed by atoms with Crippen LogP contribution in [0.5, 0.6) is 0 Å². The molecule has 3 rings (SSSR count). The Morgan fingerprint density at radius 3 is 2.76 bits per heavy atom. The Balaban J connectivity index is 1.68. The fourth-order valence-electron chi connectivity index (χ4n) is 2.96. The molecule has 3 heterocycles. The summed E-state index contributed by atoms with van der Waals surface area (Å²) < 4.78 is 13.2. The van der Waals surface area contributed by atoms with E-state index >= 15 is 0 Å². The van der Waals surface area contributed by atoms with E-state index in [1.54, 1.807) is 11.8 Å². The topological polar surface area (TPSA) is 56.3 Å². The Morgan fingerprint density at radius 1 is 1.33 bits per heavy atom. The molecule has 2 aromatic heterocycles. The maximum atomic E-state index is 5.79. The first-order chi connectivity index (χ1) is 10.2. The number of hydrogen-bond donors (Lipinski definition) is 0. The van der Waals surface area contributed by atoms with Gasteiger partial charge in [-0.2, -0.15) is 0 Å². The summed E-state index contributed by atoms with van der Waals surface area (Å²) in [5.74, 6) is 2.32. The zero-order valence-corrected chi connectivity index (χ0v) is 12.8. The Kier molecular flexibility index (Phi) is 4.07. The second kappa shape index (κ2) is 5.99. The molecule has 0 unspecified atom stereocenters. The van der Waals surface area contributed by atoms with Gasteiger partial charge in [0.15, 0.2) is 0 Å². The molecule has 0 bridgehead atoms. The monoisotopic (exact) mass is 290 g/mol. The van der Waals surface area contributed by atoms with E-state index in [4.69, 9.17) is 9.15 Å². The van der Waals surface area contributed by atoms with Gasteiger partial charge in [-0.1, -0.05) is 12.1 Å². The van der Waals surface area contributed by atoms with Crippen LogP contribution in [-0.2, 0) is 24.8 Å². The van der Waals surface area contributed by atoms with Crippen molar-refractivity contribution in [3.63, 3.8) is 0 Å². The number of methoxy groups -OCH3 is 1. The lowest BCUT2D eigenvalue weighted by Crippen LogP contribution is -2.22. The number of nitrogens with zero attached hydrogens (tertiary/aromatic N) is 4. The maximum absolute atomic E-state index is 5.79. The zero-order valence-electron chi connectivity index (χ0n) is 12.8. The average Bonchev–Trinajstić information content (AvgIpc) is 3.18. The van der Waals surface area contributed by atoms with E-state index in [1.807, 2.05) is 13.2 Å². The molecule has 0 amide bonds. The molecule has 2 atom stereocenters. The van der Waals surface area contributed by atoms with E-state index in [0.29, 0.717) is 0 Å². The molecule has 0 spiro atoms. The molecule has 1 saturated heterocycles. The van der Waals surface area contributed by atoms with Gasteiger partial charge in [0.25, 0.3) is 0 Å². The van der Waals surface area contributed by atoms with E-state index in [0.717, 1.165) is 43.3 Å². The summed E-state index contributed by atoms with van der Waals surface area (Å²) in [6.45, 7) is 4.72. The van der Waals surface area contributed by atoms with Crippen molar-refractivity contribution in [2.75, 3.05) is 20.2 Å². The third-order valence-corrected chi connectivity index (χ3v) is 4.09. The zero-order chi connectivity index (χ0) is 14.8. The van der Waals surface area contributed by atoms with Crippen LogP contribution < -0.4 is 0 Å². The number of furan rings is 1. The standard InChI is InChI=1S/C15H22N4O2/c1-4-11-5-6-12(21-11)7-19-8-13(15(10-19)20-3)14-9-18(2)17-16-14/h5-6,9,13,15H,4,7-8,10H2,1-3H3/t13-,15+/m0/s1. The third kappa shape index (κ3) is 3.01. The van der Waals surface area contributed by atoms with Gasteiger partial charge in [0.1, 0.15) is 11.5 Å². The summed E-state index contributed by atoms with van der Waals surface area (Å²) in [5.41, 5.74) is 1.00. The van der Waals surface area contributed by atoms with Gasteiger partial charge >= 0.3 is 0 Å². The molecule has 0 aromatic carbocycles. The fourth-order valence-corrected chi connectivity index (χ4v) is 2.96. The quantitative estimate of drug-likeness (QED) is 0.837. The van der Waals surface area contributed by atoms with Crippen LogP contribution >= 0.6 is 0 Å². The van der Waals surface area contributed by atoms with Crippen molar-refractivity contribution in [1.29, 1.82) is 0 Å². The number of likely N-dealkylation sites (tertiary alicyclic amines) is 1. The number of ether oxygens (including phenoxy) is 1. The van der Waals surface area contributed by atoms with E-state index in [-0.39, 0.29) is 12.0 Å². The molecule has 0 aliphatic carbocycles. The highest BCUT2D eigenvalue weighted by Crippen LogP contribution is 2.29. The van der Waals surface area contributed by atoms with Gasteiger partial charge in [0, 0.05) is 45.8 Å². The van der Waals surface area contributed by atoms with Crippen molar-refractivity contribution in [3.8, 4) is 0 Å². The predicted octanol–water partition coefficient (Wildman–Crippen LogP) is 1.58. The van der Waals surface area contributed by atoms with Crippen LogP contribution in [0.3, 0.4) is 0 Å². The third-order valence-electron chi connectivity index (χ3n) is 4.09. The molecule has 0 saturated carbocycles. The Bertz CT molecular complexity index is 592. The van der Waals surface area contributed by atoms with Crippen molar-refractivity contribution >= 4 is 0 Å².